The monoisotopic (exact) mass is 459 g/mol. The second kappa shape index (κ2) is 8.15. The van der Waals surface area contributed by atoms with Gasteiger partial charge in [-0.15, -0.1) is 0 Å². The van der Waals surface area contributed by atoms with Gasteiger partial charge < -0.3 is 14.5 Å². The zero-order chi connectivity index (χ0) is 23.3. The van der Waals surface area contributed by atoms with Gasteiger partial charge >= 0.3 is 0 Å². The minimum atomic E-state index is -0.489. The quantitative estimate of drug-likeness (QED) is 0.561. The first-order valence-electron chi connectivity index (χ1n) is 12.0. The van der Waals surface area contributed by atoms with Gasteiger partial charge in [-0.1, -0.05) is 19.9 Å². The maximum absolute atomic E-state index is 13.6. The van der Waals surface area contributed by atoms with Crippen molar-refractivity contribution in [3.05, 3.63) is 72.4 Å². The molecule has 176 valence electrons. The highest BCUT2D eigenvalue weighted by Gasteiger charge is 2.50. The molecule has 3 aliphatic rings. The second-order valence-corrected chi connectivity index (χ2v) is 10.5. The van der Waals surface area contributed by atoms with Gasteiger partial charge in [-0.2, -0.15) is 0 Å². The predicted molar refractivity (Wildman–Crippen MR) is 130 cm³/mol. The van der Waals surface area contributed by atoms with Crippen LogP contribution in [0.2, 0.25) is 0 Å². The molecule has 3 aliphatic heterocycles. The number of nitrogens with zero attached hydrogens (tertiary/aromatic N) is 2. The lowest BCUT2D eigenvalue weighted by atomic mass is 9.90. The summed E-state index contributed by atoms with van der Waals surface area (Å²) in [6.07, 6.45) is 9.93. The van der Waals surface area contributed by atoms with E-state index in [-0.39, 0.29) is 11.2 Å². The normalized spacial score (nSPS) is 23.6. The molecule has 0 amide bonds. The van der Waals surface area contributed by atoms with Gasteiger partial charge in [0.15, 0.2) is 5.79 Å². The smallest absolute Gasteiger partial charge is 0.182 e. The Kier molecular flexibility index (Phi) is 5.21. The third-order valence-corrected chi connectivity index (χ3v) is 7.28. The molecule has 3 aromatic rings. The third-order valence-electron chi connectivity index (χ3n) is 7.28. The lowest BCUT2D eigenvalue weighted by molar-refractivity contribution is -0.290. The number of aromatic nitrogens is 2. The number of benzene rings is 1. The molecule has 6 heteroatoms. The highest BCUT2D eigenvalue weighted by atomic mass is 19.1. The molecule has 1 aromatic carbocycles. The van der Waals surface area contributed by atoms with Crippen molar-refractivity contribution in [3.8, 4) is 22.4 Å². The Balaban J connectivity index is 1.35. The average Bonchev–Trinajstić information content (AvgIpc) is 3.44. The van der Waals surface area contributed by atoms with E-state index in [2.05, 4.69) is 41.0 Å². The SMILES string of the molecule is CC1(C)COC2(C[C@H]3C=C(c4c[nH]c(-c5ccc(F)cc5)c4-c4ccncc4)CCN3C2)OC1. The van der Waals surface area contributed by atoms with Crippen LogP contribution in [0.4, 0.5) is 4.39 Å². The summed E-state index contributed by atoms with van der Waals surface area (Å²) in [7, 11) is 0. The van der Waals surface area contributed by atoms with Gasteiger partial charge in [-0.05, 0) is 59.5 Å². The first-order valence-corrected chi connectivity index (χ1v) is 12.0. The number of H-pyrrole nitrogens is 1. The Labute approximate surface area is 199 Å². The van der Waals surface area contributed by atoms with Crippen LogP contribution in [0.5, 0.6) is 0 Å². The first kappa shape index (κ1) is 21.7. The summed E-state index contributed by atoms with van der Waals surface area (Å²) in [5, 5.41) is 0. The summed E-state index contributed by atoms with van der Waals surface area (Å²) in [6, 6.07) is 11.0. The molecule has 1 N–H and O–H groups in total. The molecule has 0 radical (unpaired) electrons. The van der Waals surface area contributed by atoms with Gasteiger partial charge in [-0.3, -0.25) is 9.88 Å². The van der Waals surface area contributed by atoms with E-state index >= 15 is 0 Å². The Bertz CT molecular complexity index is 1210. The zero-order valence-electron chi connectivity index (χ0n) is 19.7. The van der Waals surface area contributed by atoms with E-state index in [9.17, 15) is 4.39 Å². The molecular formula is C28H30FN3O2. The van der Waals surface area contributed by atoms with Crippen molar-refractivity contribution >= 4 is 5.57 Å². The van der Waals surface area contributed by atoms with Crippen molar-refractivity contribution in [2.45, 2.75) is 38.5 Å². The molecule has 1 atom stereocenters. The molecular weight excluding hydrogens is 429 g/mol. The van der Waals surface area contributed by atoms with Crippen LogP contribution in [0.3, 0.4) is 0 Å². The van der Waals surface area contributed by atoms with Gasteiger partial charge in [0.25, 0.3) is 0 Å². The van der Waals surface area contributed by atoms with Crippen molar-refractivity contribution in [2.75, 3.05) is 26.3 Å². The Morgan fingerprint density at radius 3 is 2.50 bits per heavy atom. The molecule has 6 rings (SSSR count). The second-order valence-electron chi connectivity index (χ2n) is 10.5. The highest BCUT2D eigenvalue weighted by molar-refractivity contribution is 5.91. The highest BCUT2D eigenvalue weighted by Crippen LogP contribution is 2.44. The van der Waals surface area contributed by atoms with Crippen molar-refractivity contribution in [1.82, 2.24) is 14.9 Å². The van der Waals surface area contributed by atoms with Crippen molar-refractivity contribution < 1.29 is 13.9 Å². The molecule has 1 spiro atoms. The predicted octanol–water partition coefficient (Wildman–Crippen LogP) is 5.51. The van der Waals surface area contributed by atoms with E-state index in [0.717, 1.165) is 61.5 Å². The van der Waals surface area contributed by atoms with E-state index < -0.39 is 5.79 Å². The Morgan fingerprint density at radius 1 is 1.03 bits per heavy atom. The van der Waals surface area contributed by atoms with E-state index in [1.54, 1.807) is 0 Å². The lowest BCUT2D eigenvalue weighted by Gasteiger charge is -2.41. The van der Waals surface area contributed by atoms with Crippen LogP contribution in [0.15, 0.2) is 61.1 Å². The third kappa shape index (κ3) is 3.90. The largest absolute Gasteiger partial charge is 0.360 e. The van der Waals surface area contributed by atoms with E-state index in [4.69, 9.17) is 9.47 Å². The number of aromatic amines is 1. The number of rotatable bonds is 3. The molecule has 2 saturated heterocycles. The molecule has 0 unspecified atom stereocenters. The minimum absolute atomic E-state index is 0.0661. The minimum Gasteiger partial charge on any atom is -0.360 e. The number of hydrogen-bond acceptors (Lipinski definition) is 4. The summed E-state index contributed by atoms with van der Waals surface area (Å²) in [5.41, 5.74) is 6.77. The molecule has 2 fully saturated rings. The molecule has 5 heterocycles. The Hall–Kier alpha value is -2.80. The number of ether oxygens (including phenoxy) is 2. The maximum Gasteiger partial charge on any atom is 0.182 e. The van der Waals surface area contributed by atoms with Crippen molar-refractivity contribution in [3.63, 3.8) is 0 Å². The summed E-state index contributed by atoms with van der Waals surface area (Å²) in [6.45, 7) is 7.63. The average molecular weight is 460 g/mol. The van der Waals surface area contributed by atoms with Gasteiger partial charge in [0.1, 0.15) is 5.82 Å². The molecule has 0 bridgehead atoms. The summed E-state index contributed by atoms with van der Waals surface area (Å²) in [5.74, 6) is -0.723. The molecule has 0 saturated carbocycles. The number of fused-ring (bicyclic) bond motifs is 1. The van der Waals surface area contributed by atoms with Crippen LogP contribution in [-0.4, -0.2) is 53.0 Å². The standard InChI is InChI=1S/C28H30FN3O2/c1-27(2)17-33-28(34-18-27)14-23-13-21(9-12-32(23)16-28)24-15-31-26(20-3-5-22(29)6-4-20)25(24)19-7-10-30-11-8-19/h3-8,10-11,13,15,23,31H,9,12,14,16-18H2,1-2H3/t23-/m1/s1. The number of hydrogen-bond donors (Lipinski definition) is 1. The van der Waals surface area contributed by atoms with Crippen molar-refractivity contribution in [1.29, 1.82) is 0 Å². The van der Waals surface area contributed by atoms with Gasteiger partial charge in [-0.25, -0.2) is 4.39 Å². The van der Waals surface area contributed by atoms with Crippen LogP contribution in [0.1, 0.15) is 32.3 Å². The molecule has 0 aliphatic carbocycles. The van der Waals surface area contributed by atoms with Crippen LogP contribution in [-0.2, 0) is 9.47 Å². The number of pyridine rings is 1. The van der Waals surface area contributed by atoms with Crippen molar-refractivity contribution in [2.24, 2.45) is 5.41 Å². The fraction of sp³-hybridized carbons (Fsp3) is 0.393. The number of halogens is 1. The van der Waals surface area contributed by atoms with Gasteiger partial charge in [0.2, 0.25) is 0 Å². The van der Waals surface area contributed by atoms with E-state index in [1.165, 1.54) is 23.3 Å². The van der Waals surface area contributed by atoms with Crippen LogP contribution < -0.4 is 0 Å². The zero-order valence-corrected chi connectivity index (χ0v) is 19.7. The lowest BCUT2D eigenvalue weighted by Crippen LogP contribution is -2.49. The van der Waals surface area contributed by atoms with Crippen LogP contribution in [0.25, 0.3) is 28.0 Å². The van der Waals surface area contributed by atoms with Crippen LogP contribution >= 0.6 is 0 Å². The molecule has 34 heavy (non-hydrogen) atoms. The summed E-state index contributed by atoms with van der Waals surface area (Å²) in [4.78, 5) is 10.2. The Morgan fingerprint density at radius 2 is 1.76 bits per heavy atom. The van der Waals surface area contributed by atoms with Gasteiger partial charge in [0, 0.05) is 54.1 Å². The fourth-order valence-electron chi connectivity index (χ4n) is 5.44. The molecule has 5 nitrogen and oxygen atoms in total. The fourth-order valence-corrected chi connectivity index (χ4v) is 5.44. The summed E-state index contributed by atoms with van der Waals surface area (Å²) < 4.78 is 26.2. The topological polar surface area (TPSA) is 50.4 Å². The van der Waals surface area contributed by atoms with E-state index in [0.29, 0.717) is 6.04 Å². The van der Waals surface area contributed by atoms with Gasteiger partial charge in [0.05, 0.1) is 25.5 Å². The number of nitrogens with one attached hydrogen (secondary N) is 1. The van der Waals surface area contributed by atoms with E-state index in [1.807, 2.05) is 36.7 Å². The maximum atomic E-state index is 13.6. The summed E-state index contributed by atoms with van der Waals surface area (Å²) >= 11 is 0. The van der Waals surface area contributed by atoms with Crippen LogP contribution in [0, 0.1) is 11.2 Å². The molecule has 2 aromatic heterocycles. The first-order chi connectivity index (χ1) is 16.4.